The summed E-state index contributed by atoms with van der Waals surface area (Å²) in [6.07, 6.45) is 1.52. The zero-order chi connectivity index (χ0) is 17.9. The molecule has 0 fully saturated rings. The monoisotopic (exact) mass is 354 g/mol. The molecule has 7 heteroatoms. The Morgan fingerprint density at radius 3 is 2.80 bits per heavy atom. The summed E-state index contributed by atoms with van der Waals surface area (Å²) in [5.74, 6) is 1.90. The number of nitrogens with zero attached hydrogens (tertiary/aromatic N) is 3. The predicted octanol–water partition coefficient (Wildman–Crippen LogP) is 3.18. The van der Waals surface area contributed by atoms with E-state index in [9.17, 15) is 0 Å². The van der Waals surface area contributed by atoms with Gasteiger partial charge in [0.05, 0.1) is 13.3 Å². The van der Waals surface area contributed by atoms with Crippen LogP contribution in [-0.4, -0.2) is 25.1 Å². The average Bonchev–Trinajstić information content (AvgIpc) is 2.66. The van der Waals surface area contributed by atoms with E-state index in [1.165, 1.54) is 18.0 Å². The van der Waals surface area contributed by atoms with Gasteiger partial charge in [-0.1, -0.05) is 42.1 Å². The first-order valence-corrected chi connectivity index (χ1v) is 8.42. The summed E-state index contributed by atoms with van der Waals surface area (Å²) in [6, 6.07) is 17.1. The minimum absolute atomic E-state index is 0.0501. The van der Waals surface area contributed by atoms with E-state index < -0.39 is 0 Å². The van der Waals surface area contributed by atoms with Crippen molar-refractivity contribution in [2.45, 2.75) is 5.75 Å². The Morgan fingerprint density at radius 2 is 2.08 bits per heavy atom. The van der Waals surface area contributed by atoms with Crippen LogP contribution in [0.15, 0.2) is 58.7 Å². The molecule has 6 nitrogen and oxygen atoms in total. The van der Waals surface area contributed by atoms with Crippen LogP contribution in [0.2, 0.25) is 0 Å². The Kier molecular flexibility index (Phi) is 7.35. The van der Waals surface area contributed by atoms with Gasteiger partial charge in [0.1, 0.15) is 17.6 Å². The fraction of sp³-hybridized carbons (Fsp3) is 0.167. The molecule has 0 aromatic heterocycles. The highest BCUT2D eigenvalue weighted by Crippen LogP contribution is 2.22. The number of nitrogens with two attached hydrogens (primary N) is 1. The van der Waals surface area contributed by atoms with E-state index in [-0.39, 0.29) is 6.61 Å². The first kappa shape index (κ1) is 18.4. The molecule has 0 radical (unpaired) electrons. The SMILES string of the molecule is COc1ccc(OCC#N)c(C=NN=C(N)SCc2ccccc2)c1. The van der Waals surface area contributed by atoms with Crippen LogP contribution in [0.3, 0.4) is 0 Å². The van der Waals surface area contributed by atoms with Crippen molar-refractivity contribution >= 4 is 23.1 Å². The zero-order valence-corrected chi connectivity index (χ0v) is 14.6. The number of nitriles is 1. The Hall–Kier alpha value is -2.98. The predicted molar refractivity (Wildman–Crippen MR) is 101 cm³/mol. The lowest BCUT2D eigenvalue weighted by Gasteiger charge is -2.07. The van der Waals surface area contributed by atoms with Crippen LogP contribution < -0.4 is 15.2 Å². The van der Waals surface area contributed by atoms with Crippen molar-refractivity contribution in [3.8, 4) is 17.6 Å². The molecule has 0 atom stereocenters. The van der Waals surface area contributed by atoms with Crippen molar-refractivity contribution in [2.75, 3.05) is 13.7 Å². The summed E-state index contributed by atoms with van der Waals surface area (Å²) in [5.41, 5.74) is 7.67. The molecule has 0 heterocycles. The minimum Gasteiger partial charge on any atom is -0.497 e. The average molecular weight is 354 g/mol. The van der Waals surface area contributed by atoms with Gasteiger partial charge < -0.3 is 15.2 Å². The minimum atomic E-state index is -0.0501. The van der Waals surface area contributed by atoms with E-state index in [2.05, 4.69) is 10.2 Å². The van der Waals surface area contributed by atoms with E-state index in [1.54, 1.807) is 25.3 Å². The third-order valence-electron chi connectivity index (χ3n) is 3.09. The molecule has 0 spiro atoms. The van der Waals surface area contributed by atoms with Gasteiger partial charge in [-0.3, -0.25) is 0 Å². The maximum Gasteiger partial charge on any atom is 0.180 e. The second-order valence-electron chi connectivity index (χ2n) is 4.81. The molecule has 2 N–H and O–H groups in total. The van der Waals surface area contributed by atoms with E-state index in [1.807, 2.05) is 36.4 Å². The number of thioether (sulfide) groups is 1. The van der Waals surface area contributed by atoms with Crippen molar-refractivity contribution in [2.24, 2.45) is 15.9 Å². The second-order valence-corrected chi connectivity index (χ2v) is 5.80. The van der Waals surface area contributed by atoms with E-state index in [0.717, 1.165) is 11.3 Å². The highest BCUT2D eigenvalue weighted by molar-refractivity contribution is 8.13. The normalized spacial score (nSPS) is 11.3. The molecule has 0 unspecified atom stereocenters. The molecule has 0 saturated carbocycles. The maximum absolute atomic E-state index is 8.65. The number of amidine groups is 1. The van der Waals surface area contributed by atoms with Crippen LogP contribution in [0, 0.1) is 11.3 Å². The summed E-state index contributed by atoms with van der Waals surface area (Å²) in [5, 5.41) is 17.0. The zero-order valence-electron chi connectivity index (χ0n) is 13.8. The molecule has 0 aliphatic heterocycles. The van der Waals surface area contributed by atoms with Gasteiger partial charge in [-0.25, -0.2) is 0 Å². The van der Waals surface area contributed by atoms with Gasteiger partial charge in [0.2, 0.25) is 0 Å². The van der Waals surface area contributed by atoms with Crippen LogP contribution in [0.4, 0.5) is 0 Å². The van der Waals surface area contributed by atoms with Crippen molar-refractivity contribution in [3.63, 3.8) is 0 Å². The third kappa shape index (κ3) is 6.20. The molecule has 0 aliphatic carbocycles. The third-order valence-corrected chi connectivity index (χ3v) is 3.95. The Bertz CT molecular complexity index is 785. The van der Waals surface area contributed by atoms with E-state index >= 15 is 0 Å². The summed E-state index contributed by atoms with van der Waals surface area (Å²) in [7, 11) is 1.57. The van der Waals surface area contributed by atoms with Crippen LogP contribution in [0.5, 0.6) is 11.5 Å². The molecular formula is C18H18N4O2S. The van der Waals surface area contributed by atoms with Crippen molar-refractivity contribution in [3.05, 3.63) is 59.7 Å². The van der Waals surface area contributed by atoms with E-state index in [4.69, 9.17) is 20.5 Å². The number of hydrogen-bond acceptors (Lipinski definition) is 6. The molecule has 128 valence electrons. The fourth-order valence-electron chi connectivity index (χ4n) is 1.90. The quantitative estimate of drug-likeness (QED) is 0.468. The smallest absolute Gasteiger partial charge is 0.180 e. The van der Waals surface area contributed by atoms with Crippen LogP contribution in [-0.2, 0) is 5.75 Å². The number of benzene rings is 2. The number of methoxy groups -OCH3 is 1. The van der Waals surface area contributed by atoms with Crippen molar-refractivity contribution in [1.82, 2.24) is 0 Å². The van der Waals surface area contributed by atoms with Crippen LogP contribution >= 0.6 is 11.8 Å². The summed E-state index contributed by atoms with van der Waals surface area (Å²) in [4.78, 5) is 0. The molecule has 0 aliphatic rings. The maximum atomic E-state index is 8.65. The van der Waals surface area contributed by atoms with Crippen LogP contribution in [0.1, 0.15) is 11.1 Å². The Morgan fingerprint density at radius 1 is 1.28 bits per heavy atom. The van der Waals surface area contributed by atoms with Crippen LogP contribution in [0.25, 0.3) is 0 Å². The number of ether oxygens (including phenoxy) is 2. The van der Waals surface area contributed by atoms with Gasteiger partial charge in [0.15, 0.2) is 11.8 Å². The summed E-state index contributed by atoms with van der Waals surface area (Å²) in [6.45, 7) is -0.0501. The molecule has 0 bridgehead atoms. The molecule has 25 heavy (non-hydrogen) atoms. The molecule has 0 amide bonds. The molecular weight excluding hydrogens is 336 g/mol. The lowest BCUT2D eigenvalue weighted by atomic mass is 10.2. The van der Waals surface area contributed by atoms with Gasteiger partial charge >= 0.3 is 0 Å². The van der Waals surface area contributed by atoms with Gasteiger partial charge in [0.25, 0.3) is 0 Å². The van der Waals surface area contributed by atoms with E-state index in [0.29, 0.717) is 22.2 Å². The van der Waals surface area contributed by atoms with Crippen molar-refractivity contribution < 1.29 is 9.47 Å². The standard InChI is InChI=1S/C18H18N4O2S/c1-23-16-7-8-17(24-10-9-19)15(11-16)12-21-22-18(20)25-13-14-5-3-2-4-6-14/h2-8,11-12H,10,13H2,1H3,(H2,20,22). The van der Waals surface area contributed by atoms with Gasteiger partial charge in [0, 0.05) is 11.3 Å². The number of hydrogen-bond donors (Lipinski definition) is 1. The largest absolute Gasteiger partial charge is 0.497 e. The second kappa shape index (κ2) is 10.0. The molecule has 2 rings (SSSR count). The molecule has 0 saturated heterocycles. The first-order valence-electron chi connectivity index (χ1n) is 7.44. The van der Waals surface area contributed by atoms with Gasteiger partial charge in [-0.15, -0.1) is 5.10 Å². The highest BCUT2D eigenvalue weighted by Gasteiger charge is 2.04. The summed E-state index contributed by atoms with van der Waals surface area (Å²) >= 11 is 1.41. The topological polar surface area (TPSA) is 93.0 Å². The summed E-state index contributed by atoms with van der Waals surface area (Å²) < 4.78 is 10.5. The van der Waals surface area contributed by atoms with Gasteiger partial charge in [-0.05, 0) is 23.8 Å². The van der Waals surface area contributed by atoms with Gasteiger partial charge in [-0.2, -0.15) is 10.4 Å². The molecule has 2 aromatic carbocycles. The molecule has 2 aromatic rings. The lowest BCUT2D eigenvalue weighted by molar-refractivity contribution is 0.365. The number of rotatable bonds is 7. The fourth-order valence-corrected chi connectivity index (χ4v) is 2.52. The Labute approximate surface area is 151 Å². The first-order chi connectivity index (χ1) is 12.2. The Balaban J connectivity index is 2.02. The van der Waals surface area contributed by atoms with Crippen molar-refractivity contribution in [1.29, 1.82) is 5.26 Å². The lowest BCUT2D eigenvalue weighted by Crippen LogP contribution is -2.06. The highest BCUT2D eigenvalue weighted by atomic mass is 32.2.